The van der Waals surface area contributed by atoms with Gasteiger partial charge in [-0.15, -0.1) is 0 Å². The fourth-order valence-electron chi connectivity index (χ4n) is 1.45. The standard InChI is InChI=1S/C15H17F3N2O/c1-2-3-10-19-14(21)20-11-4-5-12-6-8-13(9-7-12)15(16,17)18/h6-9H,2-3,10-11H2,1H3,(H2,19,20,21). The van der Waals surface area contributed by atoms with Gasteiger partial charge in [-0.3, -0.25) is 0 Å². The number of alkyl halides is 3. The summed E-state index contributed by atoms with van der Waals surface area (Å²) in [7, 11) is 0. The van der Waals surface area contributed by atoms with Gasteiger partial charge in [-0.2, -0.15) is 13.2 Å². The molecule has 0 aliphatic carbocycles. The van der Waals surface area contributed by atoms with Crippen molar-refractivity contribution < 1.29 is 18.0 Å². The van der Waals surface area contributed by atoms with E-state index in [0.717, 1.165) is 25.0 Å². The number of urea groups is 1. The third-order valence-corrected chi connectivity index (χ3v) is 2.60. The topological polar surface area (TPSA) is 41.1 Å². The zero-order valence-corrected chi connectivity index (χ0v) is 11.7. The highest BCUT2D eigenvalue weighted by atomic mass is 19.4. The van der Waals surface area contributed by atoms with Crippen molar-refractivity contribution in [3.05, 3.63) is 35.4 Å². The number of nitrogens with one attached hydrogen (secondary N) is 2. The molecule has 3 nitrogen and oxygen atoms in total. The molecule has 0 saturated carbocycles. The van der Waals surface area contributed by atoms with Crippen LogP contribution in [0.5, 0.6) is 0 Å². The van der Waals surface area contributed by atoms with Crippen molar-refractivity contribution in [2.24, 2.45) is 0 Å². The Bertz CT molecular complexity index is 512. The first-order chi connectivity index (χ1) is 9.93. The highest BCUT2D eigenvalue weighted by molar-refractivity contribution is 5.74. The van der Waals surface area contributed by atoms with Crippen LogP contribution in [-0.4, -0.2) is 19.1 Å². The van der Waals surface area contributed by atoms with Crippen LogP contribution < -0.4 is 10.6 Å². The normalized spacial score (nSPS) is 10.5. The van der Waals surface area contributed by atoms with Gasteiger partial charge in [-0.1, -0.05) is 25.2 Å². The van der Waals surface area contributed by atoms with Crippen molar-refractivity contribution >= 4 is 6.03 Å². The molecule has 0 radical (unpaired) electrons. The number of unbranched alkanes of at least 4 members (excludes halogenated alkanes) is 1. The van der Waals surface area contributed by atoms with Crippen LogP contribution in [-0.2, 0) is 6.18 Å². The molecule has 0 unspecified atom stereocenters. The number of hydrogen-bond donors (Lipinski definition) is 2. The van der Waals surface area contributed by atoms with Gasteiger partial charge in [0.1, 0.15) is 0 Å². The molecule has 0 aliphatic rings. The Hall–Kier alpha value is -2.16. The van der Waals surface area contributed by atoms with Gasteiger partial charge in [-0.25, -0.2) is 4.79 Å². The maximum Gasteiger partial charge on any atom is 0.416 e. The highest BCUT2D eigenvalue weighted by Gasteiger charge is 2.29. The summed E-state index contributed by atoms with van der Waals surface area (Å²) in [5, 5.41) is 5.21. The van der Waals surface area contributed by atoms with E-state index in [1.807, 2.05) is 6.92 Å². The van der Waals surface area contributed by atoms with Gasteiger partial charge < -0.3 is 10.6 Å². The summed E-state index contributed by atoms with van der Waals surface area (Å²) >= 11 is 0. The zero-order valence-electron chi connectivity index (χ0n) is 11.7. The van der Waals surface area contributed by atoms with Gasteiger partial charge in [-0.05, 0) is 30.7 Å². The van der Waals surface area contributed by atoms with Crippen LogP contribution >= 0.6 is 0 Å². The second-order valence-electron chi connectivity index (χ2n) is 4.34. The monoisotopic (exact) mass is 298 g/mol. The van der Waals surface area contributed by atoms with Crippen molar-refractivity contribution in [3.8, 4) is 11.8 Å². The number of carbonyl (C=O) groups is 1. The summed E-state index contributed by atoms with van der Waals surface area (Å²) in [6.07, 6.45) is -2.44. The molecule has 2 amide bonds. The van der Waals surface area contributed by atoms with Crippen molar-refractivity contribution in [2.75, 3.05) is 13.1 Å². The molecular formula is C15H17F3N2O. The average Bonchev–Trinajstić information content (AvgIpc) is 2.43. The molecule has 0 atom stereocenters. The van der Waals surface area contributed by atoms with E-state index in [1.54, 1.807) is 0 Å². The third kappa shape index (κ3) is 6.70. The minimum atomic E-state index is -4.34. The molecule has 6 heteroatoms. The molecule has 2 N–H and O–H groups in total. The van der Waals surface area contributed by atoms with Crippen molar-refractivity contribution in [2.45, 2.75) is 25.9 Å². The average molecular weight is 298 g/mol. The van der Waals surface area contributed by atoms with Crippen molar-refractivity contribution in [1.29, 1.82) is 0 Å². The molecule has 0 fully saturated rings. The molecule has 0 saturated heterocycles. The summed E-state index contributed by atoms with van der Waals surface area (Å²) in [5.41, 5.74) is -0.238. The van der Waals surface area contributed by atoms with E-state index in [1.165, 1.54) is 12.1 Å². The number of benzene rings is 1. The second-order valence-corrected chi connectivity index (χ2v) is 4.34. The lowest BCUT2D eigenvalue weighted by Crippen LogP contribution is -2.36. The Balaban J connectivity index is 2.40. The SMILES string of the molecule is CCCCNC(=O)NCC#Cc1ccc(C(F)(F)F)cc1. The first-order valence-electron chi connectivity index (χ1n) is 6.61. The largest absolute Gasteiger partial charge is 0.416 e. The van der Waals surface area contributed by atoms with E-state index >= 15 is 0 Å². The van der Waals surface area contributed by atoms with Crippen LogP contribution in [0.15, 0.2) is 24.3 Å². The van der Waals surface area contributed by atoms with Crippen molar-refractivity contribution in [1.82, 2.24) is 10.6 Å². The Kier molecular flexibility index (Phi) is 6.60. The van der Waals surface area contributed by atoms with E-state index in [9.17, 15) is 18.0 Å². The number of rotatable bonds is 4. The molecule has 1 rings (SSSR count). The van der Waals surface area contributed by atoms with Crippen LogP contribution in [0.2, 0.25) is 0 Å². The van der Waals surface area contributed by atoms with Gasteiger partial charge in [0, 0.05) is 12.1 Å². The highest BCUT2D eigenvalue weighted by Crippen LogP contribution is 2.28. The van der Waals surface area contributed by atoms with E-state index < -0.39 is 11.7 Å². The van der Waals surface area contributed by atoms with Gasteiger partial charge in [0.05, 0.1) is 12.1 Å². The van der Waals surface area contributed by atoms with Gasteiger partial charge >= 0.3 is 12.2 Å². The van der Waals surface area contributed by atoms with Gasteiger partial charge in [0.2, 0.25) is 0 Å². The van der Waals surface area contributed by atoms with Crippen LogP contribution in [0, 0.1) is 11.8 Å². The predicted molar refractivity (Wildman–Crippen MR) is 74.6 cm³/mol. The van der Waals surface area contributed by atoms with Crippen LogP contribution in [0.4, 0.5) is 18.0 Å². The molecule has 114 valence electrons. The quantitative estimate of drug-likeness (QED) is 0.650. The van der Waals surface area contributed by atoms with Crippen LogP contribution in [0.25, 0.3) is 0 Å². The maximum absolute atomic E-state index is 12.4. The molecule has 0 aliphatic heterocycles. The summed E-state index contributed by atoms with van der Waals surface area (Å²) in [6, 6.07) is 4.27. The lowest BCUT2D eigenvalue weighted by atomic mass is 10.1. The van der Waals surface area contributed by atoms with E-state index in [4.69, 9.17) is 0 Å². The van der Waals surface area contributed by atoms with Gasteiger partial charge in [0.25, 0.3) is 0 Å². The lowest BCUT2D eigenvalue weighted by Gasteiger charge is -2.05. The fraction of sp³-hybridized carbons (Fsp3) is 0.400. The number of hydrogen-bond acceptors (Lipinski definition) is 1. The number of amides is 2. The molecule has 1 aromatic carbocycles. The summed E-state index contributed by atoms with van der Waals surface area (Å²) in [5.74, 6) is 5.36. The molecule has 21 heavy (non-hydrogen) atoms. The Morgan fingerprint density at radius 1 is 1.19 bits per heavy atom. The predicted octanol–water partition coefficient (Wildman–Crippen LogP) is 3.16. The van der Waals surface area contributed by atoms with Crippen molar-refractivity contribution in [3.63, 3.8) is 0 Å². The van der Waals surface area contributed by atoms with Gasteiger partial charge in [0.15, 0.2) is 0 Å². The Morgan fingerprint density at radius 3 is 2.43 bits per heavy atom. The Labute approximate surface area is 121 Å². The van der Waals surface area contributed by atoms with Crippen LogP contribution in [0.3, 0.4) is 0 Å². The third-order valence-electron chi connectivity index (χ3n) is 2.60. The minimum absolute atomic E-state index is 0.138. The number of halogens is 3. The van der Waals surface area contributed by atoms with E-state index in [-0.39, 0.29) is 12.6 Å². The summed E-state index contributed by atoms with van der Waals surface area (Å²) in [6.45, 7) is 2.77. The first kappa shape index (κ1) is 16.9. The lowest BCUT2D eigenvalue weighted by molar-refractivity contribution is -0.137. The van der Waals surface area contributed by atoms with E-state index in [0.29, 0.717) is 12.1 Å². The Morgan fingerprint density at radius 2 is 1.86 bits per heavy atom. The molecule has 0 aromatic heterocycles. The smallest absolute Gasteiger partial charge is 0.338 e. The van der Waals surface area contributed by atoms with E-state index in [2.05, 4.69) is 22.5 Å². The molecular weight excluding hydrogens is 281 g/mol. The second kappa shape index (κ2) is 8.20. The molecule has 0 heterocycles. The summed E-state index contributed by atoms with van der Waals surface area (Å²) in [4.78, 5) is 11.3. The summed E-state index contributed by atoms with van der Waals surface area (Å²) < 4.78 is 37.1. The minimum Gasteiger partial charge on any atom is -0.338 e. The number of carbonyl (C=O) groups excluding carboxylic acids is 1. The molecule has 0 spiro atoms. The fourth-order valence-corrected chi connectivity index (χ4v) is 1.45. The zero-order chi connectivity index (χ0) is 15.7. The molecule has 1 aromatic rings. The first-order valence-corrected chi connectivity index (χ1v) is 6.61. The van der Waals surface area contributed by atoms with Crippen LogP contribution in [0.1, 0.15) is 30.9 Å². The molecule has 0 bridgehead atoms. The maximum atomic E-state index is 12.4.